The van der Waals surface area contributed by atoms with Crippen molar-refractivity contribution in [3.05, 3.63) is 21.9 Å². The quantitative estimate of drug-likeness (QED) is 0.690. The summed E-state index contributed by atoms with van der Waals surface area (Å²) in [6.07, 6.45) is -1.56. The van der Waals surface area contributed by atoms with Crippen molar-refractivity contribution >= 4 is 23.2 Å². The number of carbonyl (C=O) groups is 2. The minimum Gasteiger partial charge on any atom is -0.479 e. The molecule has 1 atom stereocenters. The van der Waals surface area contributed by atoms with Crippen LogP contribution >= 0.6 is 11.3 Å². The highest BCUT2D eigenvalue weighted by molar-refractivity contribution is 7.13. The van der Waals surface area contributed by atoms with Crippen molar-refractivity contribution < 1.29 is 19.8 Å². The SMILES string of the molecule is Cc1ccc(C(=O)NC[C@H](O)C(=O)O)s1. The molecule has 0 aliphatic carbocycles. The standard InChI is InChI=1S/C9H11NO4S/c1-5-2-3-7(15-5)8(12)10-4-6(11)9(13)14/h2-3,6,11H,4H2,1H3,(H,10,12)(H,13,14)/t6-/m0/s1. The van der Waals surface area contributed by atoms with Gasteiger partial charge in [-0.25, -0.2) is 4.79 Å². The predicted octanol–water partition coefficient (Wildman–Crippen LogP) is 0.232. The molecule has 0 aliphatic rings. The average Bonchev–Trinajstić information content (AvgIpc) is 2.60. The van der Waals surface area contributed by atoms with Gasteiger partial charge in [-0.15, -0.1) is 11.3 Å². The first-order chi connectivity index (χ1) is 7.00. The van der Waals surface area contributed by atoms with E-state index in [1.165, 1.54) is 11.3 Å². The molecule has 1 aromatic rings. The fraction of sp³-hybridized carbons (Fsp3) is 0.333. The summed E-state index contributed by atoms with van der Waals surface area (Å²) in [4.78, 5) is 23.1. The highest BCUT2D eigenvalue weighted by atomic mass is 32.1. The fourth-order valence-corrected chi connectivity index (χ4v) is 1.70. The molecular formula is C9H11NO4S. The molecule has 6 heteroatoms. The van der Waals surface area contributed by atoms with E-state index < -0.39 is 12.1 Å². The third-order valence-electron chi connectivity index (χ3n) is 1.71. The number of rotatable bonds is 4. The number of aryl methyl sites for hydroxylation is 1. The largest absolute Gasteiger partial charge is 0.479 e. The second-order valence-electron chi connectivity index (χ2n) is 2.97. The van der Waals surface area contributed by atoms with Crippen LogP contribution in [0.15, 0.2) is 12.1 Å². The molecule has 0 spiro atoms. The van der Waals surface area contributed by atoms with Gasteiger partial charge >= 0.3 is 5.97 Å². The maximum absolute atomic E-state index is 11.4. The first kappa shape index (κ1) is 11.7. The van der Waals surface area contributed by atoms with Gasteiger partial charge < -0.3 is 15.5 Å². The number of amides is 1. The van der Waals surface area contributed by atoms with Gasteiger partial charge in [0.05, 0.1) is 11.4 Å². The van der Waals surface area contributed by atoms with E-state index in [1.807, 2.05) is 6.92 Å². The number of carbonyl (C=O) groups excluding carboxylic acids is 1. The van der Waals surface area contributed by atoms with Crippen LogP contribution in [0.2, 0.25) is 0 Å². The lowest BCUT2D eigenvalue weighted by atomic mass is 10.3. The molecule has 1 aromatic heterocycles. The second kappa shape index (κ2) is 4.90. The lowest BCUT2D eigenvalue weighted by molar-refractivity contribution is -0.146. The highest BCUT2D eigenvalue weighted by Crippen LogP contribution is 2.14. The van der Waals surface area contributed by atoms with Crippen LogP contribution in [0.5, 0.6) is 0 Å². The number of aliphatic carboxylic acids is 1. The van der Waals surface area contributed by atoms with Crippen LogP contribution in [0, 0.1) is 6.92 Å². The van der Waals surface area contributed by atoms with Gasteiger partial charge in [0.1, 0.15) is 0 Å². The number of nitrogens with one attached hydrogen (secondary N) is 1. The lowest BCUT2D eigenvalue weighted by Crippen LogP contribution is -2.36. The molecule has 0 radical (unpaired) electrons. The van der Waals surface area contributed by atoms with Crippen molar-refractivity contribution in [3.8, 4) is 0 Å². The molecular weight excluding hydrogens is 218 g/mol. The summed E-state index contributed by atoms with van der Waals surface area (Å²) in [7, 11) is 0. The van der Waals surface area contributed by atoms with E-state index in [0.29, 0.717) is 4.88 Å². The third-order valence-corrected chi connectivity index (χ3v) is 2.70. The number of aliphatic hydroxyl groups is 1. The molecule has 0 aromatic carbocycles. The normalized spacial score (nSPS) is 12.1. The number of thiophene rings is 1. The van der Waals surface area contributed by atoms with Gasteiger partial charge in [-0.2, -0.15) is 0 Å². The first-order valence-electron chi connectivity index (χ1n) is 4.26. The Bertz CT molecular complexity index is 374. The number of carboxylic acids is 1. The summed E-state index contributed by atoms with van der Waals surface area (Å²) in [6.45, 7) is 1.58. The molecule has 1 rings (SSSR count). The minimum atomic E-state index is -1.56. The van der Waals surface area contributed by atoms with Gasteiger partial charge in [-0.05, 0) is 19.1 Å². The maximum Gasteiger partial charge on any atom is 0.334 e. The highest BCUT2D eigenvalue weighted by Gasteiger charge is 2.15. The summed E-state index contributed by atoms with van der Waals surface area (Å²) in [5.41, 5.74) is 0. The van der Waals surface area contributed by atoms with E-state index in [1.54, 1.807) is 12.1 Å². The molecule has 0 saturated carbocycles. The van der Waals surface area contributed by atoms with Crippen molar-refractivity contribution in [3.63, 3.8) is 0 Å². The van der Waals surface area contributed by atoms with Crippen LogP contribution in [-0.2, 0) is 4.79 Å². The van der Waals surface area contributed by atoms with E-state index in [9.17, 15) is 9.59 Å². The van der Waals surface area contributed by atoms with Gasteiger partial charge in [0, 0.05) is 4.88 Å². The Morgan fingerprint density at radius 2 is 2.20 bits per heavy atom. The Morgan fingerprint density at radius 1 is 1.53 bits per heavy atom. The van der Waals surface area contributed by atoms with Crippen LogP contribution < -0.4 is 5.32 Å². The number of hydrogen-bond acceptors (Lipinski definition) is 4. The number of carboxylic acid groups (broad SMARTS) is 1. The van der Waals surface area contributed by atoms with Crippen molar-refractivity contribution in [2.45, 2.75) is 13.0 Å². The van der Waals surface area contributed by atoms with Crippen molar-refractivity contribution in [2.75, 3.05) is 6.54 Å². The van der Waals surface area contributed by atoms with Crippen LogP contribution in [0.4, 0.5) is 0 Å². The number of aliphatic hydroxyl groups excluding tert-OH is 1. The zero-order chi connectivity index (χ0) is 11.4. The van der Waals surface area contributed by atoms with Crippen molar-refractivity contribution in [1.82, 2.24) is 5.32 Å². The van der Waals surface area contributed by atoms with Gasteiger partial charge in [0.25, 0.3) is 5.91 Å². The van der Waals surface area contributed by atoms with E-state index >= 15 is 0 Å². The zero-order valence-electron chi connectivity index (χ0n) is 8.06. The summed E-state index contributed by atoms with van der Waals surface area (Å²) in [6, 6.07) is 3.45. The van der Waals surface area contributed by atoms with Crippen LogP contribution in [0.1, 0.15) is 14.5 Å². The Balaban J connectivity index is 2.47. The van der Waals surface area contributed by atoms with Crippen LogP contribution in [-0.4, -0.2) is 34.7 Å². The first-order valence-corrected chi connectivity index (χ1v) is 5.08. The van der Waals surface area contributed by atoms with E-state index in [2.05, 4.69) is 5.32 Å². The molecule has 1 amide bonds. The topological polar surface area (TPSA) is 86.6 Å². The van der Waals surface area contributed by atoms with Gasteiger partial charge in [-0.3, -0.25) is 4.79 Å². The summed E-state index contributed by atoms with van der Waals surface area (Å²) in [5.74, 6) is -1.72. The fourth-order valence-electron chi connectivity index (χ4n) is 0.920. The van der Waals surface area contributed by atoms with Gasteiger partial charge in [-0.1, -0.05) is 0 Å². The molecule has 3 N–H and O–H groups in total. The van der Waals surface area contributed by atoms with Crippen LogP contribution in [0.25, 0.3) is 0 Å². The lowest BCUT2D eigenvalue weighted by Gasteiger charge is -2.06. The molecule has 0 bridgehead atoms. The molecule has 82 valence electrons. The predicted molar refractivity (Wildman–Crippen MR) is 55.0 cm³/mol. The average molecular weight is 229 g/mol. The molecule has 0 saturated heterocycles. The Kier molecular flexibility index (Phi) is 3.81. The monoisotopic (exact) mass is 229 g/mol. The molecule has 5 nitrogen and oxygen atoms in total. The smallest absolute Gasteiger partial charge is 0.334 e. The zero-order valence-corrected chi connectivity index (χ0v) is 8.87. The van der Waals surface area contributed by atoms with E-state index in [0.717, 1.165) is 4.88 Å². The van der Waals surface area contributed by atoms with Gasteiger partial charge in [0.15, 0.2) is 6.10 Å². The third kappa shape index (κ3) is 3.34. The van der Waals surface area contributed by atoms with E-state index in [-0.39, 0.29) is 12.5 Å². The molecule has 0 unspecified atom stereocenters. The van der Waals surface area contributed by atoms with E-state index in [4.69, 9.17) is 10.2 Å². The molecule has 0 fully saturated rings. The summed E-state index contributed by atoms with van der Waals surface area (Å²) >= 11 is 1.31. The summed E-state index contributed by atoms with van der Waals surface area (Å²) < 4.78 is 0. The second-order valence-corrected chi connectivity index (χ2v) is 4.26. The Hall–Kier alpha value is -1.40. The Morgan fingerprint density at radius 3 is 2.67 bits per heavy atom. The maximum atomic E-state index is 11.4. The Labute approximate surface area is 90.4 Å². The minimum absolute atomic E-state index is 0.287. The van der Waals surface area contributed by atoms with Crippen LogP contribution in [0.3, 0.4) is 0 Å². The van der Waals surface area contributed by atoms with Crippen molar-refractivity contribution in [2.24, 2.45) is 0 Å². The molecule has 0 aliphatic heterocycles. The number of hydrogen-bond donors (Lipinski definition) is 3. The molecule has 15 heavy (non-hydrogen) atoms. The summed E-state index contributed by atoms with van der Waals surface area (Å²) in [5, 5.41) is 19.6. The van der Waals surface area contributed by atoms with Gasteiger partial charge in [0.2, 0.25) is 0 Å². The van der Waals surface area contributed by atoms with Crippen molar-refractivity contribution in [1.29, 1.82) is 0 Å². The molecule has 1 heterocycles.